The number of alkyl halides is 3. The van der Waals surface area contributed by atoms with Crippen molar-refractivity contribution in [3.8, 4) is 22.8 Å². The number of fused-ring (bicyclic) bond motifs is 3. The van der Waals surface area contributed by atoms with Gasteiger partial charge in [-0.3, -0.25) is 13.7 Å². The maximum Gasteiger partial charge on any atom is 0.416 e. The van der Waals surface area contributed by atoms with E-state index in [0.717, 1.165) is 40.8 Å². The molecule has 2 aliphatic carbocycles. The van der Waals surface area contributed by atoms with Crippen LogP contribution >= 0.6 is 23.2 Å². The number of halogens is 5. The lowest BCUT2D eigenvalue weighted by Gasteiger charge is -2.19. The number of rotatable bonds is 15. The molecule has 0 aliphatic heterocycles. The van der Waals surface area contributed by atoms with Crippen molar-refractivity contribution in [3.63, 3.8) is 0 Å². The van der Waals surface area contributed by atoms with E-state index in [4.69, 9.17) is 37.0 Å². The number of aromatic nitrogens is 8. The summed E-state index contributed by atoms with van der Waals surface area (Å²) in [6.07, 6.45) is -1.84. The van der Waals surface area contributed by atoms with Crippen molar-refractivity contribution in [2.75, 3.05) is 29.6 Å². The lowest BCUT2D eigenvalue weighted by Crippen LogP contribution is -2.25. The number of hydrogen-bond acceptors (Lipinski definition) is 14. The van der Waals surface area contributed by atoms with Crippen LogP contribution in [0.15, 0.2) is 145 Å². The Balaban J connectivity index is 0.872. The van der Waals surface area contributed by atoms with E-state index in [1.54, 1.807) is 57.2 Å². The zero-order valence-electron chi connectivity index (χ0n) is 46.5. The van der Waals surface area contributed by atoms with Gasteiger partial charge in [0.15, 0.2) is 5.76 Å². The second kappa shape index (κ2) is 21.1. The van der Waals surface area contributed by atoms with Crippen LogP contribution in [-0.4, -0.2) is 52.6 Å². The molecule has 0 bridgehead atoms. The van der Waals surface area contributed by atoms with Crippen molar-refractivity contribution in [1.29, 1.82) is 0 Å². The van der Waals surface area contributed by atoms with E-state index in [-0.39, 0.29) is 57.9 Å². The monoisotopic (exact) mass is 1190 g/mol. The molecule has 11 aromatic rings. The van der Waals surface area contributed by atoms with Gasteiger partial charge in [0.2, 0.25) is 0 Å². The fourth-order valence-electron chi connectivity index (χ4n) is 11.6. The first-order chi connectivity index (χ1) is 40.8. The fourth-order valence-corrected chi connectivity index (χ4v) is 12.0. The minimum Gasteiger partial charge on any atom is -0.496 e. The number of nitrogens with one attached hydrogen (secondary N) is 3. The van der Waals surface area contributed by atoms with E-state index in [1.807, 2.05) is 80.6 Å². The van der Waals surface area contributed by atoms with E-state index in [2.05, 4.69) is 41.2 Å². The van der Waals surface area contributed by atoms with Crippen LogP contribution in [0.4, 0.5) is 42.0 Å². The van der Waals surface area contributed by atoms with E-state index in [9.17, 15) is 27.6 Å². The highest BCUT2D eigenvalue weighted by Gasteiger charge is 2.42. The summed E-state index contributed by atoms with van der Waals surface area (Å²) in [5, 5.41) is 20.0. The molecule has 13 rings (SSSR count). The summed E-state index contributed by atoms with van der Waals surface area (Å²) in [6.45, 7) is 9.67. The van der Waals surface area contributed by atoms with Crippen LogP contribution in [0.25, 0.3) is 49.8 Å². The molecule has 5 heterocycles. The first-order valence-corrected chi connectivity index (χ1v) is 28.2. The van der Waals surface area contributed by atoms with Crippen LogP contribution in [0.2, 0.25) is 10.0 Å². The molecule has 430 valence electrons. The van der Waals surface area contributed by atoms with Crippen molar-refractivity contribution < 1.29 is 27.0 Å². The van der Waals surface area contributed by atoms with E-state index < -0.39 is 28.8 Å². The summed E-state index contributed by atoms with van der Waals surface area (Å²) in [6, 6.07) is 33.7. The second-order valence-corrected chi connectivity index (χ2v) is 22.9. The summed E-state index contributed by atoms with van der Waals surface area (Å²) in [7, 11) is 1.28. The first-order valence-electron chi connectivity index (χ1n) is 27.5. The number of nitrogens with zero attached hydrogens (tertiary/aromatic N) is 8. The molecule has 4 atom stereocenters. The van der Waals surface area contributed by atoms with Crippen LogP contribution < -0.4 is 37.8 Å². The van der Waals surface area contributed by atoms with Gasteiger partial charge in [0.25, 0.3) is 0 Å². The number of benzene rings is 6. The summed E-state index contributed by atoms with van der Waals surface area (Å²) in [5.74, 6) is 1.17. The van der Waals surface area contributed by atoms with Gasteiger partial charge in [-0.15, -0.1) is 0 Å². The largest absolute Gasteiger partial charge is 0.496 e. The topological polar surface area (TPSA) is 202 Å². The molecule has 0 radical (unpaired) electrons. The quantitative estimate of drug-likeness (QED) is 0.0875. The molecule has 0 saturated heterocycles. The van der Waals surface area contributed by atoms with Gasteiger partial charge in [-0.2, -0.15) is 28.1 Å². The highest BCUT2D eigenvalue weighted by molar-refractivity contribution is 6.33. The predicted molar refractivity (Wildman–Crippen MR) is 321 cm³/mol. The Hall–Kier alpha value is -9.27. The summed E-state index contributed by atoms with van der Waals surface area (Å²) >= 11 is 13.9. The molecule has 6 aromatic carbocycles. The third-order valence-electron chi connectivity index (χ3n) is 16.0. The normalized spacial score (nSPS) is 16.6. The van der Waals surface area contributed by atoms with Gasteiger partial charge in [-0.25, -0.2) is 14.4 Å². The summed E-state index contributed by atoms with van der Waals surface area (Å²) in [5.41, 5.74) is 5.42. The average Bonchev–Trinajstić information content (AvgIpc) is 2.32. The molecule has 2 fully saturated rings. The Morgan fingerprint density at radius 2 is 1.22 bits per heavy atom. The SMILES string of the molecule is COc1cc(C(F)(F)F)cc2c1c(NCC(C)C)nc(=O)n2-c1cccc(C2CC2c2ccc3c(Nc4c(C)noc4C)nc(=O)n(-c4cc(C5CC5c5ccc6c(Nc7conc7C)nc(=O)n(-c7ccccc7Cl)c6c5)ccc4Cl)c3c2)c1. The third-order valence-corrected chi connectivity index (χ3v) is 16.7. The Bertz CT molecular complexity index is 4710. The number of hydrogen-bond donors (Lipinski definition) is 3. The third kappa shape index (κ3) is 10.0. The van der Waals surface area contributed by atoms with Gasteiger partial charge in [-0.1, -0.05) is 89.8 Å². The van der Waals surface area contributed by atoms with Gasteiger partial charge in [-0.05, 0) is 158 Å². The highest BCUT2D eigenvalue weighted by Crippen LogP contribution is 2.57. The van der Waals surface area contributed by atoms with Gasteiger partial charge < -0.3 is 29.7 Å². The maximum absolute atomic E-state index is 14.8. The summed E-state index contributed by atoms with van der Waals surface area (Å²) < 4.78 is 63.8. The molecule has 2 saturated carbocycles. The Morgan fingerprint density at radius 3 is 1.82 bits per heavy atom. The van der Waals surface area contributed by atoms with Crippen molar-refractivity contribution in [2.45, 2.75) is 77.3 Å². The lowest BCUT2D eigenvalue weighted by molar-refractivity contribution is -0.137. The highest BCUT2D eigenvalue weighted by atomic mass is 35.5. The molecule has 17 nitrogen and oxygen atoms in total. The zero-order chi connectivity index (χ0) is 59.3. The molecular weight excluding hydrogens is 1130 g/mol. The average molecular weight is 1190 g/mol. The van der Waals surface area contributed by atoms with Crippen LogP contribution in [0.1, 0.15) is 95.3 Å². The fraction of sp³-hybridized carbons (Fsp3) is 0.238. The van der Waals surface area contributed by atoms with Gasteiger partial charge >= 0.3 is 23.2 Å². The lowest BCUT2D eigenvalue weighted by atomic mass is 10.0. The zero-order valence-corrected chi connectivity index (χ0v) is 48.0. The minimum atomic E-state index is -4.74. The van der Waals surface area contributed by atoms with Gasteiger partial charge in [0.1, 0.15) is 52.2 Å². The van der Waals surface area contributed by atoms with E-state index in [0.29, 0.717) is 96.2 Å². The predicted octanol–water partition coefficient (Wildman–Crippen LogP) is 14.1. The number of anilines is 5. The van der Waals surface area contributed by atoms with Crippen LogP contribution in [0, 0.1) is 26.7 Å². The number of ether oxygens (including phenoxy) is 1. The van der Waals surface area contributed by atoms with Crippen molar-refractivity contribution in [3.05, 3.63) is 208 Å². The van der Waals surface area contributed by atoms with Crippen LogP contribution in [0.5, 0.6) is 5.75 Å². The molecule has 85 heavy (non-hydrogen) atoms. The standard InChI is InChI=1S/C63H52Cl2F3N11O6/c1-30(2)28-69-59-55-53(24-38(63(66,67)68)25-54(55)83-6)77(60(80)74-59)39-11-9-10-34(20-39)42-26-43(42)36-15-18-41-51(22-36)79(62(82)73-58(41)71-56-32(4)76-85-33(56)5)52-23-37(16-19-47(52)65)45-27-44(45)35-14-17-40-50(21-35)78(49-13-8-7-12-46(49)64)61(81)72-57(40)70-48-29-84-75-31(48)3/h7-25,29-30,42-45H,26-28H2,1-6H3,(H,69,74,80)(H,70,72,81)(H,71,73,82). The van der Waals surface area contributed by atoms with E-state index >= 15 is 0 Å². The molecule has 22 heteroatoms. The van der Waals surface area contributed by atoms with Crippen molar-refractivity contribution in [2.24, 2.45) is 5.92 Å². The summed E-state index contributed by atoms with van der Waals surface area (Å²) in [4.78, 5) is 56.3. The first kappa shape index (κ1) is 54.9. The Kier molecular flexibility index (Phi) is 13.6. The molecule has 4 unspecified atom stereocenters. The molecule has 3 N–H and O–H groups in total. The van der Waals surface area contributed by atoms with Crippen molar-refractivity contribution in [1.82, 2.24) is 39.0 Å². The van der Waals surface area contributed by atoms with Gasteiger partial charge in [0, 0.05) is 17.3 Å². The molecule has 2 aliphatic rings. The number of para-hydroxylation sites is 1. The number of aryl methyl sites for hydroxylation is 3. The van der Waals surface area contributed by atoms with Crippen molar-refractivity contribution >= 4 is 84.7 Å². The van der Waals surface area contributed by atoms with E-state index in [1.165, 1.54) is 27.1 Å². The Labute approximate surface area is 492 Å². The molecule has 0 spiro atoms. The smallest absolute Gasteiger partial charge is 0.416 e. The molecule has 5 aromatic heterocycles. The minimum absolute atomic E-state index is 0.000170. The molecule has 0 amide bonds. The maximum atomic E-state index is 14.8. The second-order valence-electron chi connectivity index (χ2n) is 22.1. The van der Waals surface area contributed by atoms with Crippen LogP contribution in [0.3, 0.4) is 0 Å². The number of methoxy groups -OCH3 is 1. The molecular formula is C63H52Cl2F3N11O6. The Morgan fingerprint density at radius 1 is 0.635 bits per heavy atom. The van der Waals surface area contributed by atoms with Crippen LogP contribution in [-0.2, 0) is 6.18 Å². The van der Waals surface area contributed by atoms with Gasteiger partial charge in [0.05, 0.1) is 61.7 Å².